The maximum absolute atomic E-state index is 12.4. The Morgan fingerprint density at radius 1 is 0.692 bits per heavy atom. The van der Waals surface area contributed by atoms with E-state index in [1.165, 1.54) is 0 Å². The number of nitrogens with one attached hydrogen (secondary N) is 1. The molecule has 0 fully saturated rings. The molecule has 0 aromatic carbocycles. The maximum atomic E-state index is 12.4. The fourth-order valence-corrected chi connectivity index (χ4v) is 3.75. The van der Waals surface area contributed by atoms with E-state index in [2.05, 4.69) is 81.5 Å². The Kier molecular flexibility index (Phi) is 7.29. The van der Waals surface area contributed by atoms with Crippen LogP contribution in [-0.4, -0.2) is 22.6 Å². The molecule has 0 aliphatic carbocycles. The summed E-state index contributed by atoms with van der Waals surface area (Å²) in [6.45, 7) is 30.1. The lowest BCUT2D eigenvalue weighted by Gasteiger charge is -2.47. The molecule has 0 unspecified atom stereocenters. The van der Waals surface area contributed by atoms with E-state index in [1.54, 1.807) is 0 Å². The van der Waals surface area contributed by atoms with Crippen molar-refractivity contribution in [3.8, 4) is 0 Å². The van der Waals surface area contributed by atoms with E-state index in [9.17, 15) is 4.79 Å². The van der Waals surface area contributed by atoms with Crippen molar-refractivity contribution >= 4 is 5.91 Å². The van der Waals surface area contributed by atoms with Crippen LogP contribution in [0.3, 0.4) is 0 Å². The predicted molar refractivity (Wildman–Crippen MR) is 113 cm³/mol. The molecule has 26 heavy (non-hydrogen) atoms. The van der Waals surface area contributed by atoms with Crippen LogP contribution in [0.2, 0.25) is 0 Å². The first-order valence-corrected chi connectivity index (χ1v) is 10.0. The molecule has 3 heteroatoms. The van der Waals surface area contributed by atoms with Gasteiger partial charge in [0.2, 0.25) is 5.91 Å². The van der Waals surface area contributed by atoms with Crippen molar-refractivity contribution in [1.82, 2.24) is 5.32 Å². The zero-order valence-corrected chi connectivity index (χ0v) is 20.2. The molecule has 156 valence electrons. The molecule has 0 spiro atoms. The van der Waals surface area contributed by atoms with Gasteiger partial charge < -0.3 is 10.1 Å². The van der Waals surface area contributed by atoms with E-state index >= 15 is 0 Å². The molecule has 0 aromatic heterocycles. The minimum atomic E-state index is -0.391. The van der Waals surface area contributed by atoms with Gasteiger partial charge in [-0.1, -0.05) is 55.4 Å². The van der Waals surface area contributed by atoms with Gasteiger partial charge in [-0.3, -0.25) is 4.79 Å². The van der Waals surface area contributed by atoms with Gasteiger partial charge in [0.25, 0.3) is 0 Å². The second-order valence-corrected chi connectivity index (χ2v) is 12.7. The van der Waals surface area contributed by atoms with Gasteiger partial charge in [-0.05, 0) is 65.2 Å². The average Bonchev–Trinajstić information content (AvgIpc) is 2.18. The summed E-state index contributed by atoms with van der Waals surface area (Å²) in [5, 5.41) is 3.19. The fourth-order valence-electron chi connectivity index (χ4n) is 3.75. The molecule has 0 saturated carbocycles. The molecule has 0 heterocycles. The van der Waals surface area contributed by atoms with Crippen molar-refractivity contribution in [1.29, 1.82) is 0 Å². The minimum absolute atomic E-state index is 0.0754. The summed E-state index contributed by atoms with van der Waals surface area (Å²) >= 11 is 0. The zero-order valence-electron chi connectivity index (χ0n) is 20.2. The van der Waals surface area contributed by atoms with Crippen molar-refractivity contribution in [3.05, 3.63) is 0 Å². The van der Waals surface area contributed by atoms with Crippen molar-refractivity contribution in [2.75, 3.05) is 0 Å². The number of carbonyl (C=O) groups excluding carboxylic acids is 1. The van der Waals surface area contributed by atoms with Gasteiger partial charge in [0, 0.05) is 11.0 Å². The summed E-state index contributed by atoms with van der Waals surface area (Å²) in [6, 6.07) is 0. The van der Waals surface area contributed by atoms with Crippen LogP contribution in [0.1, 0.15) is 110 Å². The van der Waals surface area contributed by atoms with E-state index in [1.807, 2.05) is 20.8 Å². The Labute approximate surface area is 164 Å². The second kappa shape index (κ2) is 7.45. The highest BCUT2D eigenvalue weighted by Gasteiger charge is 2.42. The predicted octanol–water partition coefficient (Wildman–Crippen LogP) is 6.35. The van der Waals surface area contributed by atoms with Crippen LogP contribution < -0.4 is 5.32 Å². The van der Waals surface area contributed by atoms with Crippen LogP contribution in [0.4, 0.5) is 0 Å². The first kappa shape index (κ1) is 25.4. The molecule has 0 saturated heterocycles. The number of hydrogen-bond donors (Lipinski definition) is 1. The molecular weight excluding hydrogens is 322 g/mol. The van der Waals surface area contributed by atoms with Gasteiger partial charge in [0.05, 0.1) is 11.2 Å². The number of amides is 1. The molecule has 0 rings (SSSR count). The largest absolute Gasteiger partial charge is 0.370 e. The third-order valence-electron chi connectivity index (χ3n) is 5.45. The summed E-state index contributed by atoms with van der Waals surface area (Å²) in [5.74, 6) is 0.0754. The van der Waals surface area contributed by atoms with E-state index in [4.69, 9.17) is 4.74 Å². The molecule has 0 aromatic rings. The Balaban J connectivity index is 5.14. The summed E-state index contributed by atoms with van der Waals surface area (Å²) in [7, 11) is 0. The first-order chi connectivity index (χ1) is 11.0. The molecule has 1 N–H and O–H groups in total. The number of hydrogen-bond acceptors (Lipinski definition) is 2. The third kappa shape index (κ3) is 8.41. The van der Waals surface area contributed by atoms with E-state index in [0.717, 1.165) is 12.8 Å². The Hall–Kier alpha value is -0.570. The molecular formula is C23H47NO2. The monoisotopic (exact) mass is 369 g/mol. The van der Waals surface area contributed by atoms with Gasteiger partial charge in [0.15, 0.2) is 0 Å². The standard InChI is InChI=1S/C23H47NO2/c1-18(2,3)17(25)24-21(9,10)16-23(13,14)26-22(11,12)15-20(7,8)19(4,5)6/h15-16H2,1-14H3,(H,24,25). The Morgan fingerprint density at radius 3 is 1.42 bits per heavy atom. The summed E-state index contributed by atoms with van der Waals surface area (Å²) in [5.41, 5.74) is -0.946. The van der Waals surface area contributed by atoms with Crippen molar-refractivity contribution in [3.63, 3.8) is 0 Å². The fraction of sp³-hybridized carbons (Fsp3) is 0.957. The summed E-state index contributed by atoms with van der Waals surface area (Å²) < 4.78 is 6.61. The quantitative estimate of drug-likeness (QED) is 0.567. The Bertz CT molecular complexity index is 485. The van der Waals surface area contributed by atoms with Crippen molar-refractivity contribution < 1.29 is 9.53 Å². The molecule has 0 aliphatic heterocycles. The highest BCUT2D eigenvalue weighted by Crippen LogP contribution is 2.45. The van der Waals surface area contributed by atoms with Crippen molar-refractivity contribution in [2.45, 2.75) is 127 Å². The number of carbonyl (C=O) groups is 1. The topological polar surface area (TPSA) is 38.3 Å². The highest BCUT2D eigenvalue weighted by atomic mass is 16.5. The van der Waals surface area contributed by atoms with Crippen molar-refractivity contribution in [2.24, 2.45) is 16.2 Å². The van der Waals surface area contributed by atoms with Crippen LogP contribution in [-0.2, 0) is 9.53 Å². The second-order valence-electron chi connectivity index (χ2n) is 12.7. The third-order valence-corrected chi connectivity index (χ3v) is 5.45. The summed E-state index contributed by atoms with van der Waals surface area (Å²) in [6.07, 6.45) is 1.73. The lowest BCUT2D eigenvalue weighted by Crippen LogP contribution is -2.53. The first-order valence-electron chi connectivity index (χ1n) is 10.0. The van der Waals surface area contributed by atoms with Gasteiger partial charge >= 0.3 is 0 Å². The van der Waals surface area contributed by atoms with E-state index in [-0.39, 0.29) is 33.5 Å². The number of ether oxygens (including phenoxy) is 1. The van der Waals surface area contributed by atoms with Crippen LogP contribution in [0.15, 0.2) is 0 Å². The number of rotatable bonds is 7. The highest BCUT2D eigenvalue weighted by molar-refractivity contribution is 5.82. The summed E-state index contributed by atoms with van der Waals surface area (Å²) in [4.78, 5) is 12.4. The molecule has 1 amide bonds. The van der Waals surface area contributed by atoms with Crippen LogP contribution in [0, 0.1) is 16.2 Å². The lowest BCUT2D eigenvalue weighted by molar-refractivity contribution is -0.156. The molecule has 3 nitrogen and oxygen atoms in total. The average molecular weight is 370 g/mol. The molecule has 0 atom stereocenters. The van der Waals surface area contributed by atoms with Gasteiger partial charge in [-0.25, -0.2) is 0 Å². The van der Waals surface area contributed by atoms with Gasteiger partial charge in [-0.2, -0.15) is 0 Å². The maximum Gasteiger partial charge on any atom is 0.225 e. The Morgan fingerprint density at radius 2 is 1.08 bits per heavy atom. The molecule has 0 radical (unpaired) electrons. The van der Waals surface area contributed by atoms with Crippen LogP contribution >= 0.6 is 0 Å². The van der Waals surface area contributed by atoms with Gasteiger partial charge in [-0.15, -0.1) is 0 Å². The van der Waals surface area contributed by atoms with E-state index in [0.29, 0.717) is 0 Å². The lowest BCUT2D eigenvalue weighted by atomic mass is 9.64. The minimum Gasteiger partial charge on any atom is -0.370 e. The normalized spacial score (nSPS) is 15.2. The molecule has 0 aliphatic rings. The van der Waals surface area contributed by atoms with Gasteiger partial charge in [0.1, 0.15) is 0 Å². The SMILES string of the molecule is CC(C)(CC(C)(C)OC(C)(C)CC(C)(C)C(C)(C)C)NC(=O)C(C)(C)C. The van der Waals surface area contributed by atoms with Crippen LogP contribution in [0.25, 0.3) is 0 Å². The van der Waals surface area contributed by atoms with Crippen LogP contribution in [0.5, 0.6) is 0 Å². The van der Waals surface area contributed by atoms with E-state index < -0.39 is 5.41 Å². The smallest absolute Gasteiger partial charge is 0.225 e. The molecule has 0 bridgehead atoms. The zero-order chi connectivity index (χ0) is 21.4.